The van der Waals surface area contributed by atoms with Crippen molar-refractivity contribution in [2.45, 2.75) is 13.0 Å². The summed E-state index contributed by atoms with van der Waals surface area (Å²) in [6.45, 7) is 3.65. The molecule has 1 amide bonds. The number of pyridine rings is 1. The molecule has 2 aromatic heterocycles. The molecule has 0 bridgehead atoms. The van der Waals surface area contributed by atoms with Crippen molar-refractivity contribution in [1.82, 2.24) is 25.3 Å². The quantitative estimate of drug-likeness (QED) is 0.877. The number of hydrogen-bond acceptors (Lipinski definition) is 5. The van der Waals surface area contributed by atoms with Gasteiger partial charge < -0.3 is 10.6 Å². The first-order valence-electron chi connectivity index (χ1n) is 6.19. The molecular weight excluding hydrogens is 324 g/mol. The molecule has 3 rings (SSSR count). The van der Waals surface area contributed by atoms with Gasteiger partial charge in [0.2, 0.25) is 0 Å². The monoisotopic (exact) mass is 336 g/mol. The van der Waals surface area contributed by atoms with Gasteiger partial charge in [-0.3, -0.25) is 4.79 Å². The van der Waals surface area contributed by atoms with E-state index in [0.29, 0.717) is 11.5 Å². The first-order valence-corrected chi connectivity index (χ1v) is 6.99. The second-order valence-corrected chi connectivity index (χ2v) is 5.52. The van der Waals surface area contributed by atoms with Gasteiger partial charge in [-0.15, -0.1) is 5.10 Å². The number of carbonyl (C=O) groups excluding carboxylic acids is 1. The third kappa shape index (κ3) is 2.56. The van der Waals surface area contributed by atoms with Crippen molar-refractivity contribution in [3.8, 4) is 0 Å². The maximum absolute atomic E-state index is 12.1. The molecule has 0 saturated carbocycles. The maximum Gasteiger partial charge on any atom is 0.278 e. The van der Waals surface area contributed by atoms with E-state index in [1.807, 2.05) is 6.92 Å². The molecule has 1 aliphatic heterocycles. The molecule has 0 spiro atoms. The van der Waals surface area contributed by atoms with Crippen molar-refractivity contribution in [2.24, 2.45) is 0 Å². The Kier molecular flexibility index (Phi) is 3.49. The van der Waals surface area contributed by atoms with Crippen LogP contribution in [0.3, 0.4) is 0 Å². The molecule has 3 heterocycles. The minimum atomic E-state index is -0.308. The van der Waals surface area contributed by atoms with Gasteiger partial charge in [-0.2, -0.15) is 0 Å². The maximum atomic E-state index is 12.1. The smallest absolute Gasteiger partial charge is 0.278 e. The number of rotatable bonds is 3. The second-order valence-electron chi connectivity index (χ2n) is 4.67. The lowest BCUT2D eigenvalue weighted by molar-refractivity contribution is 0.102. The van der Waals surface area contributed by atoms with Gasteiger partial charge >= 0.3 is 0 Å². The predicted octanol–water partition coefficient (Wildman–Crippen LogP) is 1.14. The van der Waals surface area contributed by atoms with Gasteiger partial charge in [0, 0.05) is 23.8 Å². The Bertz CT molecular complexity index is 651. The fourth-order valence-corrected chi connectivity index (χ4v) is 2.02. The number of aromatic nitrogens is 4. The van der Waals surface area contributed by atoms with E-state index < -0.39 is 0 Å². The molecule has 0 unspecified atom stereocenters. The zero-order valence-electron chi connectivity index (χ0n) is 10.8. The molecule has 1 fully saturated rings. The van der Waals surface area contributed by atoms with Crippen molar-refractivity contribution in [2.75, 3.05) is 18.4 Å². The average Bonchev–Trinajstić information content (AvgIpc) is 2.81. The van der Waals surface area contributed by atoms with E-state index in [2.05, 4.69) is 41.9 Å². The van der Waals surface area contributed by atoms with E-state index in [0.717, 1.165) is 23.1 Å². The number of hydrogen-bond donors (Lipinski definition) is 2. The van der Waals surface area contributed by atoms with Crippen LogP contribution in [0.1, 0.15) is 22.1 Å². The minimum Gasteiger partial charge on any atom is -0.312 e. The van der Waals surface area contributed by atoms with E-state index >= 15 is 0 Å². The summed E-state index contributed by atoms with van der Waals surface area (Å²) < 4.78 is 2.62. The normalized spacial score (nSPS) is 14.9. The van der Waals surface area contributed by atoms with Gasteiger partial charge in [0.1, 0.15) is 5.82 Å². The number of carbonyl (C=O) groups is 1. The number of halogens is 1. The Morgan fingerprint density at radius 3 is 3.00 bits per heavy atom. The highest BCUT2D eigenvalue weighted by Crippen LogP contribution is 2.17. The van der Waals surface area contributed by atoms with Crippen LogP contribution in [0, 0.1) is 6.92 Å². The summed E-state index contributed by atoms with van der Waals surface area (Å²) in [5.41, 5.74) is 1.29. The highest BCUT2D eigenvalue weighted by molar-refractivity contribution is 9.10. The molecule has 2 aromatic rings. The average molecular weight is 337 g/mol. The topological polar surface area (TPSA) is 84.7 Å². The molecule has 0 aromatic carbocycles. The highest BCUT2D eigenvalue weighted by atomic mass is 79.9. The molecule has 20 heavy (non-hydrogen) atoms. The van der Waals surface area contributed by atoms with Crippen LogP contribution in [0.2, 0.25) is 0 Å². The van der Waals surface area contributed by atoms with Crippen molar-refractivity contribution < 1.29 is 4.79 Å². The van der Waals surface area contributed by atoms with E-state index in [-0.39, 0.29) is 11.9 Å². The highest BCUT2D eigenvalue weighted by Gasteiger charge is 2.21. The van der Waals surface area contributed by atoms with Gasteiger partial charge in [-0.1, -0.05) is 5.21 Å². The molecule has 1 aliphatic rings. The summed E-state index contributed by atoms with van der Waals surface area (Å²) in [6.07, 6.45) is 3.31. The first kappa shape index (κ1) is 13.2. The third-order valence-electron chi connectivity index (χ3n) is 3.17. The Morgan fingerprint density at radius 1 is 1.55 bits per heavy atom. The van der Waals surface area contributed by atoms with Gasteiger partial charge in [-0.25, -0.2) is 9.67 Å². The predicted molar refractivity (Wildman–Crippen MR) is 76.6 cm³/mol. The molecule has 2 N–H and O–H groups in total. The fourth-order valence-electron chi connectivity index (χ4n) is 1.81. The largest absolute Gasteiger partial charge is 0.312 e. The van der Waals surface area contributed by atoms with Crippen molar-refractivity contribution >= 4 is 27.7 Å². The van der Waals surface area contributed by atoms with E-state index in [9.17, 15) is 4.79 Å². The Labute approximate surface area is 123 Å². The number of aryl methyl sites for hydroxylation is 1. The van der Waals surface area contributed by atoms with Gasteiger partial charge in [0.15, 0.2) is 5.69 Å². The van der Waals surface area contributed by atoms with Crippen molar-refractivity contribution in [3.05, 3.63) is 34.2 Å². The summed E-state index contributed by atoms with van der Waals surface area (Å²) in [7, 11) is 0. The molecule has 0 radical (unpaired) electrons. The SMILES string of the molecule is Cc1cc(NC(=O)c2cn(C3CNC3)nn2)ncc1Br. The van der Waals surface area contributed by atoms with Crippen LogP contribution in [0.25, 0.3) is 0 Å². The first-order chi connectivity index (χ1) is 9.63. The standard InChI is InChI=1S/C12H13BrN6O/c1-7-2-11(15-5-9(7)13)16-12(20)10-6-19(18-17-10)8-3-14-4-8/h2,5-6,8,14H,3-4H2,1H3,(H,15,16,20). The lowest BCUT2D eigenvalue weighted by Gasteiger charge is -2.26. The minimum absolute atomic E-state index is 0.289. The number of nitrogens with zero attached hydrogens (tertiary/aromatic N) is 4. The van der Waals surface area contributed by atoms with Crippen LogP contribution in [-0.2, 0) is 0 Å². The van der Waals surface area contributed by atoms with Crippen LogP contribution >= 0.6 is 15.9 Å². The summed E-state index contributed by atoms with van der Waals surface area (Å²) in [5, 5.41) is 13.7. The van der Waals surface area contributed by atoms with Crippen molar-refractivity contribution in [1.29, 1.82) is 0 Å². The fraction of sp³-hybridized carbons (Fsp3) is 0.333. The summed E-state index contributed by atoms with van der Waals surface area (Å²) >= 11 is 3.37. The lowest BCUT2D eigenvalue weighted by Crippen LogP contribution is -2.43. The van der Waals surface area contributed by atoms with E-state index in [1.165, 1.54) is 0 Å². The van der Waals surface area contributed by atoms with E-state index in [1.54, 1.807) is 23.1 Å². The summed E-state index contributed by atoms with van der Waals surface area (Å²) in [4.78, 5) is 16.2. The van der Waals surface area contributed by atoms with Crippen LogP contribution in [-0.4, -0.2) is 39.0 Å². The molecule has 8 heteroatoms. The molecular formula is C12H13BrN6O. The van der Waals surface area contributed by atoms with Crippen LogP contribution in [0.5, 0.6) is 0 Å². The van der Waals surface area contributed by atoms with Gasteiger partial charge in [-0.05, 0) is 34.5 Å². The number of amides is 1. The molecule has 7 nitrogen and oxygen atoms in total. The summed E-state index contributed by atoms with van der Waals surface area (Å²) in [6, 6.07) is 2.08. The zero-order chi connectivity index (χ0) is 14.1. The zero-order valence-corrected chi connectivity index (χ0v) is 12.4. The second kappa shape index (κ2) is 5.29. The van der Waals surface area contributed by atoms with Crippen LogP contribution in [0.15, 0.2) is 22.9 Å². The van der Waals surface area contributed by atoms with Crippen LogP contribution in [0.4, 0.5) is 5.82 Å². The number of nitrogens with one attached hydrogen (secondary N) is 2. The Balaban J connectivity index is 1.71. The Morgan fingerprint density at radius 2 is 2.35 bits per heavy atom. The van der Waals surface area contributed by atoms with Gasteiger partial charge in [0.05, 0.1) is 12.2 Å². The lowest BCUT2D eigenvalue weighted by atomic mass is 10.2. The molecule has 0 aliphatic carbocycles. The molecule has 1 saturated heterocycles. The van der Waals surface area contributed by atoms with Crippen LogP contribution < -0.4 is 10.6 Å². The van der Waals surface area contributed by atoms with E-state index in [4.69, 9.17) is 0 Å². The van der Waals surface area contributed by atoms with Gasteiger partial charge in [0.25, 0.3) is 5.91 Å². The van der Waals surface area contributed by atoms with Crippen molar-refractivity contribution in [3.63, 3.8) is 0 Å². The summed E-state index contributed by atoms with van der Waals surface area (Å²) in [5.74, 6) is 0.188. The molecule has 0 atom stereocenters. The number of anilines is 1. The third-order valence-corrected chi connectivity index (χ3v) is 4.00. The molecule has 104 valence electrons. The Hall–Kier alpha value is -1.80.